The third-order valence-corrected chi connectivity index (χ3v) is 5.23. The molecule has 1 amide bonds. The summed E-state index contributed by atoms with van der Waals surface area (Å²) in [5.41, 5.74) is 1.69. The number of para-hydroxylation sites is 1. The highest BCUT2D eigenvalue weighted by atomic mass is 19.1. The fraction of sp³-hybridized carbons (Fsp3) is 0.500. The molecule has 0 spiro atoms. The van der Waals surface area contributed by atoms with Crippen molar-refractivity contribution in [3.05, 3.63) is 47.0 Å². The van der Waals surface area contributed by atoms with Gasteiger partial charge in [-0.25, -0.2) is 9.07 Å². The number of hydrogen-bond donors (Lipinski definition) is 1. The Morgan fingerprint density at radius 3 is 2.67 bits per heavy atom. The lowest BCUT2D eigenvalue weighted by atomic mass is 9.93. The molecule has 27 heavy (non-hydrogen) atoms. The Bertz CT molecular complexity index is 828. The first kappa shape index (κ1) is 19.5. The van der Waals surface area contributed by atoms with Crippen molar-refractivity contribution in [1.82, 2.24) is 14.7 Å². The molecule has 0 bridgehead atoms. The van der Waals surface area contributed by atoms with Crippen molar-refractivity contribution in [2.24, 2.45) is 0 Å². The molecule has 0 aliphatic carbocycles. The van der Waals surface area contributed by atoms with Crippen LogP contribution in [0.15, 0.2) is 24.3 Å². The van der Waals surface area contributed by atoms with Crippen molar-refractivity contribution in [3.63, 3.8) is 0 Å². The minimum absolute atomic E-state index is 0.103. The van der Waals surface area contributed by atoms with Gasteiger partial charge in [0.1, 0.15) is 11.5 Å². The molecule has 7 heteroatoms. The summed E-state index contributed by atoms with van der Waals surface area (Å²) in [6.45, 7) is 4.94. The van der Waals surface area contributed by atoms with Gasteiger partial charge in [0.15, 0.2) is 0 Å². The van der Waals surface area contributed by atoms with Gasteiger partial charge in [-0.1, -0.05) is 12.1 Å². The summed E-state index contributed by atoms with van der Waals surface area (Å²) >= 11 is 0. The fourth-order valence-corrected chi connectivity index (χ4v) is 3.51. The summed E-state index contributed by atoms with van der Waals surface area (Å²) in [6, 6.07) is 6.43. The zero-order chi connectivity index (χ0) is 19.6. The number of amides is 1. The molecule has 1 aliphatic rings. The van der Waals surface area contributed by atoms with Gasteiger partial charge in [-0.15, -0.1) is 0 Å². The van der Waals surface area contributed by atoms with E-state index in [9.17, 15) is 14.3 Å². The van der Waals surface area contributed by atoms with Crippen LogP contribution in [0.4, 0.5) is 4.39 Å². The van der Waals surface area contributed by atoms with Gasteiger partial charge in [0.25, 0.3) is 0 Å². The number of aliphatic hydroxyl groups is 1. The predicted molar refractivity (Wildman–Crippen MR) is 99.3 cm³/mol. The van der Waals surface area contributed by atoms with Crippen LogP contribution in [-0.4, -0.2) is 58.1 Å². The second kappa shape index (κ2) is 7.78. The lowest BCUT2D eigenvalue weighted by Crippen LogP contribution is -2.47. The molecular weight excluding hydrogens is 349 g/mol. The van der Waals surface area contributed by atoms with Crippen molar-refractivity contribution in [2.45, 2.75) is 38.7 Å². The van der Waals surface area contributed by atoms with Crippen LogP contribution >= 0.6 is 0 Å². The average Bonchev–Trinajstić information content (AvgIpc) is 2.90. The lowest BCUT2D eigenvalue weighted by Gasteiger charge is -2.35. The van der Waals surface area contributed by atoms with Gasteiger partial charge in [0.05, 0.1) is 17.7 Å². The van der Waals surface area contributed by atoms with E-state index in [1.165, 1.54) is 6.07 Å². The number of rotatable bonds is 5. The van der Waals surface area contributed by atoms with E-state index in [0.29, 0.717) is 37.4 Å². The first-order valence-corrected chi connectivity index (χ1v) is 9.15. The quantitative estimate of drug-likeness (QED) is 0.870. The maximum atomic E-state index is 14.1. The van der Waals surface area contributed by atoms with E-state index in [1.54, 1.807) is 34.8 Å². The van der Waals surface area contributed by atoms with Gasteiger partial charge < -0.3 is 14.7 Å². The molecule has 0 atom stereocenters. The molecule has 1 aliphatic heterocycles. The standard InChI is InChI=1S/C20H26FN3O3/c1-14-16(15(2)24(22-14)18-7-5-4-6-17(18)21)12-19(25)23(3)13-20(26)8-10-27-11-9-20/h4-7,26H,8-13H2,1-3H3. The van der Waals surface area contributed by atoms with Gasteiger partial charge in [0.2, 0.25) is 5.91 Å². The molecule has 3 rings (SSSR count). The van der Waals surface area contributed by atoms with Crippen LogP contribution < -0.4 is 0 Å². The number of aromatic nitrogens is 2. The average molecular weight is 375 g/mol. The fourth-order valence-electron chi connectivity index (χ4n) is 3.51. The number of carbonyl (C=O) groups is 1. The highest BCUT2D eigenvalue weighted by Gasteiger charge is 2.32. The Balaban J connectivity index is 1.75. The molecule has 2 heterocycles. The van der Waals surface area contributed by atoms with Gasteiger partial charge in [-0.2, -0.15) is 5.10 Å². The van der Waals surface area contributed by atoms with E-state index in [-0.39, 0.29) is 24.7 Å². The summed E-state index contributed by atoms with van der Waals surface area (Å²) in [6.07, 6.45) is 1.21. The smallest absolute Gasteiger partial charge is 0.226 e. The second-order valence-corrected chi connectivity index (χ2v) is 7.28. The maximum Gasteiger partial charge on any atom is 0.226 e. The van der Waals surface area contributed by atoms with Crippen molar-refractivity contribution in [1.29, 1.82) is 0 Å². The van der Waals surface area contributed by atoms with Gasteiger partial charge in [0, 0.05) is 50.9 Å². The van der Waals surface area contributed by atoms with Crippen molar-refractivity contribution < 1.29 is 19.0 Å². The Kier molecular flexibility index (Phi) is 5.62. The molecule has 2 aromatic rings. The van der Waals surface area contributed by atoms with Crippen LogP contribution in [0.3, 0.4) is 0 Å². The molecule has 1 fully saturated rings. The number of ether oxygens (including phenoxy) is 1. The molecule has 1 saturated heterocycles. The van der Waals surface area contributed by atoms with Crippen LogP contribution in [0.25, 0.3) is 5.69 Å². The predicted octanol–water partition coefficient (Wildman–Crippen LogP) is 2.17. The molecular formula is C20H26FN3O3. The molecule has 0 saturated carbocycles. The third kappa shape index (κ3) is 4.20. The summed E-state index contributed by atoms with van der Waals surface area (Å²) in [5, 5.41) is 15.0. The van der Waals surface area contributed by atoms with Gasteiger partial charge in [-0.05, 0) is 26.0 Å². The van der Waals surface area contributed by atoms with E-state index < -0.39 is 5.60 Å². The molecule has 1 aromatic carbocycles. The van der Waals surface area contributed by atoms with E-state index >= 15 is 0 Å². The first-order valence-electron chi connectivity index (χ1n) is 9.15. The van der Waals surface area contributed by atoms with Crippen molar-refractivity contribution in [2.75, 3.05) is 26.8 Å². The number of halogens is 1. The number of aryl methyl sites for hydroxylation is 1. The number of benzene rings is 1. The topological polar surface area (TPSA) is 67.6 Å². The Labute approximate surface area is 158 Å². The number of carbonyl (C=O) groups excluding carboxylic acids is 1. The third-order valence-electron chi connectivity index (χ3n) is 5.23. The number of likely N-dealkylation sites (N-methyl/N-ethyl adjacent to an activating group) is 1. The van der Waals surface area contributed by atoms with Gasteiger partial charge in [-0.3, -0.25) is 4.79 Å². The second-order valence-electron chi connectivity index (χ2n) is 7.28. The zero-order valence-corrected chi connectivity index (χ0v) is 16.0. The van der Waals surface area contributed by atoms with E-state index in [0.717, 1.165) is 11.3 Å². The van der Waals surface area contributed by atoms with Crippen LogP contribution in [0, 0.1) is 19.7 Å². The monoisotopic (exact) mass is 375 g/mol. The number of hydrogen-bond acceptors (Lipinski definition) is 4. The molecule has 146 valence electrons. The normalized spacial score (nSPS) is 16.3. The van der Waals surface area contributed by atoms with Crippen molar-refractivity contribution in [3.8, 4) is 5.69 Å². The maximum absolute atomic E-state index is 14.1. The minimum atomic E-state index is -0.899. The van der Waals surface area contributed by atoms with E-state index in [1.807, 2.05) is 13.8 Å². The van der Waals surface area contributed by atoms with Crippen LogP contribution in [-0.2, 0) is 16.0 Å². The SMILES string of the molecule is Cc1nn(-c2ccccc2F)c(C)c1CC(=O)N(C)CC1(O)CCOCC1. The first-order chi connectivity index (χ1) is 12.8. The highest BCUT2D eigenvalue weighted by molar-refractivity contribution is 5.79. The van der Waals surface area contributed by atoms with Crippen molar-refractivity contribution >= 4 is 5.91 Å². The van der Waals surface area contributed by atoms with E-state index in [2.05, 4.69) is 5.10 Å². The molecule has 6 nitrogen and oxygen atoms in total. The summed E-state index contributed by atoms with van der Waals surface area (Å²) in [4.78, 5) is 14.3. The lowest BCUT2D eigenvalue weighted by molar-refractivity contribution is -0.136. The summed E-state index contributed by atoms with van der Waals surface area (Å²) in [7, 11) is 1.70. The molecule has 1 aromatic heterocycles. The number of nitrogens with zero attached hydrogens (tertiary/aromatic N) is 3. The highest BCUT2D eigenvalue weighted by Crippen LogP contribution is 2.23. The van der Waals surface area contributed by atoms with Crippen LogP contribution in [0.2, 0.25) is 0 Å². The summed E-state index contributed by atoms with van der Waals surface area (Å²) in [5.74, 6) is -0.464. The Morgan fingerprint density at radius 2 is 2.00 bits per heavy atom. The molecule has 1 N–H and O–H groups in total. The van der Waals surface area contributed by atoms with Crippen LogP contribution in [0.5, 0.6) is 0 Å². The Morgan fingerprint density at radius 1 is 1.33 bits per heavy atom. The summed E-state index contributed by atoms with van der Waals surface area (Å²) < 4.78 is 20.9. The molecule has 0 radical (unpaired) electrons. The minimum Gasteiger partial charge on any atom is -0.388 e. The largest absolute Gasteiger partial charge is 0.388 e. The van der Waals surface area contributed by atoms with E-state index in [4.69, 9.17) is 4.74 Å². The zero-order valence-electron chi connectivity index (χ0n) is 16.0. The van der Waals surface area contributed by atoms with Gasteiger partial charge >= 0.3 is 0 Å². The Hall–Kier alpha value is -2.25. The molecule has 0 unspecified atom stereocenters. The van der Waals surface area contributed by atoms with Crippen LogP contribution in [0.1, 0.15) is 29.8 Å².